The number of aliphatic hydroxyl groups excluding tert-OH is 1. The molecule has 3 amide bonds. The summed E-state index contributed by atoms with van der Waals surface area (Å²) in [5.41, 5.74) is 0. The van der Waals surface area contributed by atoms with Gasteiger partial charge >= 0.3 is 0 Å². The van der Waals surface area contributed by atoms with E-state index in [-0.39, 0.29) is 41.4 Å². The van der Waals surface area contributed by atoms with E-state index in [2.05, 4.69) is 27.0 Å². The fraction of sp³-hybridized carbons (Fsp3) is 0.774. The average molecular weight is 562 g/mol. The topological polar surface area (TPSA) is 81.2 Å². The zero-order chi connectivity index (χ0) is 28.9. The summed E-state index contributed by atoms with van der Waals surface area (Å²) in [5, 5.41) is 10.6. The maximum absolute atomic E-state index is 14.6. The van der Waals surface area contributed by atoms with Crippen molar-refractivity contribution in [3.8, 4) is 0 Å². The summed E-state index contributed by atoms with van der Waals surface area (Å²) in [6.45, 7) is 20.1. The first-order valence-electron chi connectivity index (χ1n) is 15.1. The van der Waals surface area contributed by atoms with Gasteiger partial charge in [0, 0.05) is 31.4 Å². The Morgan fingerprint density at radius 1 is 1.10 bits per heavy atom. The lowest BCUT2D eigenvalue weighted by molar-refractivity contribution is -0.148. The van der Waals surface area contributed by atoms with Gasteiger partial charge in [-0.15, -0.1) is 24.9 Å². The van der Waals surface area contributed by atoms with Crippen LogP contribution in [0.15, 0.2) is 25.3 Å². The molecule has 7 nitrogen and oxygen atoms in total. The maximum Gasteiger partial charge on any atom is 0.247 e. The van der Waals surface area contributed by atoms with Crippen LogP contribution in [0.25, 0.3) is 0 Å². The van der Waals surface area contributed by atoms with Gasteiger partial charge in [-0.2, -0.15) is 0 Å². The van der Waals surface area contributed by atoms with Crippen LogP contribution in [0.2, 0.25) is 0 Å². The Morgan fingerprint density at radius 2 is 1.74 bits per heavy atom. The van der Waals surface area contributed by atoms with Gasteiger partial charge in [0.1, 0.15) is 6.04 Å². The van der Waals surface area contributed by atoms with E-state index in [4.69, 9.17) is 0 Å². The molecule has 8 atom stereocenters. The number of fused-ring (bicyclic) bond motifs is 1. The SMILES string of the molecule is C=CCN(CCCCC)C(=O)C1N([C@@H](CO)[C@@H](C)CC)C(=O)[C@@H]2[C@@H](C(=O)N(CC=C)CCC)[C@H]3CC(C)C12S3. The fourth-order valence-corrected chi connectivity index (χ4v) is 9.69. The van der Waals surface area contributed by atoms with E-state index in [9.17, 15) is 19.5 Å². The molecule has 39 heavy (non-hydrogen) atoms. The van der Waals surface area contributed by atoms with Gasteiger partial charge in [0.25, 0.3) is 0 Å². The molecule has 8 heteroatoms. The Hall–Kier alpha value is -1.80. The number of likely N-dealkylation sites (tertiary alicyclic amines) is 1. The predicted molar refractivity (Wildman–Crippen MR) is 159 cm³/mol. The number of hydrogen-bond donors (Lipinski definition) is 1. The minimum absolute atomic E-state index is 0.00408. The molecular formula is C31H51N3O4S. The lowest BCUT2D eigenvalue weighted by Crippen LogP contribution is -2.60. The van der Waals surface area contributed by atoms with Crippen LogP contribution in [-0.4, -0.2) is 92.4 Å². The Bertz CT molecular complexity index is 912. The molecule has 3 heterocycles. The second-order valence-corrected chi connectivity index (χ2v) is 13.3. The third-order valence-electron chi connectivity index (χ3n) is 9.40. The molecular weight excluding hydrogens is 510 g/mol. The summed E-state index contributed by atoms with van der Waals surface area (Å²) >= 11 is 1.71. The van der Waals surface area contributed by atoms with Crippen LogP contribution in [0.5, 0.6) is 0 Å². The summed E-state index contributed by atoms with van der Waals surface area (Å²) < 4.78 is -0.684. The number of amides is 3. The molecule has 3 fully saturated rings. The van der Waals surface area contributed by atoms with Crippen LogP contribution in [0, 0.1) is 23.7 Å². The van der Waals surface area contributed by atoms with Crippen molar-refractivity contribution in [2.45, 2.75) is 95.2 Å². The summed E-state index contributed by atoms with van der Waals surface area (Å²) in [5.74, 6) is -1.11. The van der Waals surface area contributed by atoms with Gasteiger partial charge in [-0.1, -0.05) is 66.0 Å². The van der Waals surface area contributed by atoms with Crippen molar-refractivity contribution in [1.29, 1.82) is 0 Å². The third-order valence-corrected chi connectivity index (χ3v) is 11.5. The number of carbonyl (C=O) groups excluding carboxylic acids is 3. The molecule has 220 valence electrons. The molecule has 3 unspecified atom stereocenters. The van der Waals surface area contributed by atoms with Crippen LogP contribution >= 0.6 is 11.8 Å². The maximum atomic E-state index is 14.6. The third kappa shape index (κ3) is 5.57. The zero-order valence-electron chi connectivity index (χ0n) is 24.8. The number of thioether (sulfide) groups is 1. The van der Waals surface area contributed by atoms with Crippen LogP contribution in [0.3, 0.4) is 0 Å². The van der Waals surface area contributed by atoms with Crippen molar-refractivity contribution in [3.63, 3.8) is 0 Å². The molecule has 3 rings (SSSR count). The largest absolute Gasteiger partial charge is 0.394 e. The Balaban J connectivity index is 2.13. The molecule has 0 aromatic rings. The van der Waals surface area contributed by atoms with Crippen LogP contribution in [0.1, 0.15) is 73.1 Å². The molecule has 3 aliphatic rings. The minimum Gasteiger partial charge on any atom is -0.394 e. The standard InChI is InChI=1S/C31H51N3O4S/c1-8-13-14-18-33(17-11-4)30(38)27-31-22(7)19-24(39-31)25(28(36)32(15-9-2)16-10-3)26(31)29(37)34(27)23(20-35)21(6)12-5/h9,11,21-27,35H,2,4,8,10,12-20H2,1,3,5-7H3/t21-,22?,23-,24+,25-,26-,27?,31?/m0/s1. The summed E-state index contributed by atoms with van der Waals surface area (Å²) in [6, 6.07) is -1.18. The first kappa shape index (κ1) is 31.7. The second kappa shape index (κ2) is 13.7. The first-order chi connectivity index (χ1) is 18.7. The lowest BCUT2D eigenvalue weighted by Gasteiger charge is -2.43. The quantitative estimate of drug-likeness (QED) is 0.224. The first-order valence-corrected chi connectivity index (χ1v) is 16.0. The molecule has 3 saturated heterocycles. The molecule has 3 aliphatic heterocycles. The van der Waals surface area contributed by atoms with Gasteiger partial charge in [-0.05, 0) is 31.1 Å². The number of hydrogen-bond acceptors (Lipinski definition) is 5. The summed E-state index contributed by atoms with van der Waals surface area (Å²) in [4.78, 5) is 48.6. The normalized spacial score (nSPS) is 30.7. The monoisotopic (exact) mass is 561 g/mol. The highest BCUT2D eigenvalue weighted by Gasteiger charge is 2.77. The van der Waals surface area contributed by atoms with Crippen LogP contribution in [-0.2, 0) is 14.4 Å². The van der Waals surface area contributed by atoms with E-state index in [1.807, 2.05) is 30.6 Å². The van der Waals surface area contributed by atoms with Gasteiger partial charge in [0.15, 0.2) is 0 Å². The van der Waals surface area contributed by atoms with Gasteiger partial charge in [0.2, 0.25) is 17.7 Å². The minimum atomic E-state index is -0.704. The number of carbonyl (C=O) groups is 3. The van der Waals surface area contributed by atoms with Crippen molar-refractivity contribution in [2.24, 2.45) is 23.7 Å². The fourth-order valence-electron chi connectivity index (χ4n) is 7.29. The highest BCUT2D eigenvalue weighted by atomic mass is 32.2. The Kier molecular flexibility index (Phi) is 11.2. The summed E-state index contributed by atoms with van der Waals surface area (Å²) in [7, 11) is 0. The molecule has 1 N–H and O–H groups in total. The highest BCUT2D eigenvalue weighted by Crippen LogP contribution is 2.69. The molecule has 0 saturated carbocycles. The van der Waals surface area contributed by atoms with Gasteiger partial charge in [-0.25, -0.2) is 0 Å². The van der Waals surface area contributed by atoms with E-state index in [0.717, 1.165) is 38.5 Å². The van der Waals surface area contributed by atoms with E-state index >= 15 is 0 Å². The lowest BCUT2D eigenvalue weighted by atomic mass is 9.65. The van der Waals surface area contributed by atoms with Crippen LogP contribution in [0.4, 0.5) is 0 Å². The zero-order valence-corrected chi connectivity index (χ0v) is 25.6. The summed E-state index contributed by atoms with van der Waals surface area (Å²) in [6.07, 6.45) is 8.87. The highest BCUT2D eigenvalue weighted by molar-refractivity contribution is 8.02. The Morgan fingerprint density at radius 3 is 2.28 bits per heavy atom. The smallest absolute Gasteiger partial charge is 0.247 e. The van der Waals surface area contributed by atoms with Gasteiger partial charge < -0.3 is 19.8 Å². The van der Waals surface area contributed by atoms with Gasteiger partial charge in [0.05, 0.1) is 29.2 Å². The number of unbranched alkanes of at least 4 members (excludes halogenated alkanes) is 2. The van der Waals surface area contributed by atoms with Crippen molar-refractivity contribution >= 4 is 29.5 Å². The number of nitrogens with zero attached hydrogens (tertiary/aromatic N) is 3. The van der Waals surface area contributed by atoms with E-state index in [1.165, 1.54) is 0 Å². The number of aliphatic hydroxyl groups is 1. The van der Waals surface area contributed by atoms with Crippen molar-refractivity contribution in [1.82, 2.24) is 14.7 Å². The van der Waals surface area contributed by atoms with Crippen molar-refractivity contribution in [3.05, 3.63) is 25.3 Å². The predicted octanol–water partition coefficient (Wildman–Crippen LogP) is 4.36. The molecule has 0 aromatic carbocycles. The van der Waals surface area contributed by atoms with E-state index < -0.39 is 28.7 Å². The van der Waals surface area contributed by atoms with Crippen LogP contribution < -0.4 is 0 Å². The number of rotatable bonds is 16. The molecule has 2 bridgehead atoms. The van der Waals surface area contributed by atoms with Crippen molar-refractivity contribution < 1.29 is 19.5 Å². The van der Waals surface area contributed by atoms with E-state index in [0.29, 0.717) is 26.2 Å². The average Bonchev–Trinajstić information content (AvgIpc) is 3.51. The van der Waals surface area contributed by atoms with Gasteiger partial charge in [-0.3, -0.25) is 14.4 Å². The molecule has 0 aromatic heterocycles. The molecule has 0 radical (unpaired) electrons. The van der Waals surface area contributed by atoms with E-state index in [1.54, 1.807) is 28.8 Å². The molecule has 0 aliphatic carbocycles. The molecule has 1 spiro atoms. The van der Waals surface area contributed by atoms with Crippen molar-refractivity contribution in [2.75, 3.05) is 32.8 Å². The Labute approximate surface area is 240 Å². The second-order valence-electron chi connectivity index (χ2n) is 11.8.